The zero-order chi connectivity index (χ0) is 26.0. The minimum atomic E-state index is -4.79. The highest BCUT2D eigenvalue weighted by Crippen LogP contribution is 2.36. The predicted molar refractivity (Wildman–Crippen MR) is 128 cm³/mol. The number of piperazine rings is 1. The first-order valence-electron chi connectivity index (χ1n) is 11.6. The summed E-state index contributed by atoms with van der Waals surface area (Å²) in [6.45, 7) is 8.35. The molecule has 3 heterocycles. The maximum atomic E-state index is 13.6. The Bertz CT molecular complexity index is 1250. The molecular formula is C25H27F3N6O2. The SMILES string of the molecule is CC(=O)Oc1cnc(N2CCN(c3nnc(Cc4ccccc4)c(C)c3C)C[C@H]2C)nc1C(F)(F)F. The van der Waals surface area contributed by atoms with E-state index in [0.717, 1.165) is 41.3 Å². The molecule has 1 saturated heterocycles. The Kier molecular flexibility index (Phi) is 7.09. The van der Waals surface area contributed by atoms with E-state index in [-0.39, 0.29) is 12.0 Å². The van der Waals surface area contributed by atoms with Crippen LogP contribution < -0.4 is 14.5 Å². The lowest BCUT2D eigenvalue weighted by atomic mass is 10.0. The second kappa shape index (κ2) is 10.1. The molecule has 1 fully saturated rings. The lowest BCUT2D eigenvalue weighted by Gasteiger charge is -2.41. The van der Waals surface area contributed by atoms with Crippen LogP contribution in [0.5, 0.6) is 5.75 Å². The molecule has 1 aliphatic heterocycles. The molecular weight excluding hydrogens is 473 g/mol. The summed E-state index contributed by atoms with van der Waals surface area (Å²) < 4.78 is 45.3. The highest BCUT2D eigenvalue weighted by Gasteiger charge is 2.39. The first kappa shape index (κ1) is 25.3. The number of hydrogen-bond donors (Lipinski definition) is 0. The van der Waals surface area contributed by atoms with Crippen molar-refractivity contribution in [3.8, 4) is 5.75 Å². The lowest BCUT2D eigenvalue weighted by Crippen LogP contribution is -2.53. The summed E-state index contributed by atoms with van der Waals surface area (Å²) in [6.07, 6.45) is -3.21. The van der Waals surface area contributed by atoms with Crippen LogP contribution in [0, 0.1) is 13.8 Å². The Labute approximate surface area is 207 Å². The number of aromatic nitrogens is 4. The highest BCUT2D eigenvalue weighted by atomic mass is 19.4. The maximum absolute atomic E-state index is 13.6. The Morgan fingerprint density at radius 3 is 2.47 bits per heavy atom. The van der Waals surface area contributed by atoms with Crippen LogP contribution in [0.2, 0.25) is 0 Å². The largest absolute Gasteiger partial charge is 0.437 e. The fraction of sp³-hybridized carbons (Fsp3) is 0.400. The molecule has 190 valence electrons. The van der Waals surface area contributed by atoms with Gasteiger partial charge >= 0.3 is 12.1 Å². The standard InChI is InChI=1S/C25H27F3N6O2/c1-15-14-33(23-17(3)16(2)20(31-32-23)12-19-8-6-5-7-9-19)10-11-34(15)24-29-13-21(36-18(4)35)22(30-24)25(26,27)28/h5-9,13,15H,10-12,14H2,1-4H3/t15-/m1/s1. The normalized spacial score (nSPS) is 16.2. The van der Waals surface area contributed by atoms with Gasteiger partial charge in [0.1, 0.15) is 0 Å². The van der Waals surface area contributed by atoms with Crippen molar-refractivity contribution in [1.82, 2.24) is 20.2 Å². The van der Waals surface area contributed by atoms with E-state index in [2.05, 4.69) is 41.9 Å². The molecule has 1 aromatic carbocycles. The van der Waals surface area contributed by atoms with Crippen molar-refractivity contribution in [1.29, 1.82) is 0 Å². The van der Waals surface area contributed by atoms with E-state index in [1.165, 1.54) is 0 Å². The molecule has 1 atom stereocenters. The zero-order valence-electron chi connectivity index (χ0n) is 20.5. The van der Waals surface area contributed by atoms with Crippen molar-refractivity contribution in [3.05, 3.63) is 64.6 Å². The molecule has 3 aromatic rings. The van der Waals surface area contributed by atoms with Gasteiger partial charge in [0.2, 0.25) is 5.95 Å². The van der Waals surface area contributed by atoms with Gasteiger partial charge in [-0.1, -0.05) is 30.3 Å². The third kappa shape index (κ3) is 5.39. The molecule has 0 radical (unpaired) electrons. The highest BCUT2D eigenvalue weighted by molar-refractivity contribution is 5.69. The number of nitrogens with zero attached hydrogens (tertiary/aromatic N) is 6. The van der Waals surface area contributed by atoms with Gasteiger partial charge in [-0.05, 0) is 37.5 Å². The molecule has 0 bridgehead atoms. The van der Waals surface area contributed by atoms with Crippen molar-refractivity contribution in [2.24, 2.45) is 0 Å². The second-order valence-electron chi connectivity index (χ2n) is 8.85. The van der Waals surface area contributed by atoms with Gasteiger partial charge in [-0.2, -0.15) is 18.3 Å². The van der Waals surface area contributed by atoms with Gasteiger partial charge in [-0.3, -0.25) is 4.79 Å². The number of hydrogen-bond acceptors (Lipinski definition) is 8. The number of anilines is 2. The Morgan fingerprint density at radius 1 is 1.11 bits per heavy atom. The van der Waals surface area contributed by atoms with Crippen molar-refractivity contribution in [2.45, 2.75) is 46.3 Å². The van der Waals surface area contributed by atoms with E-state index in [0.29, 0.717) is 26.1 Å². The molecule has 0 N–H and O–H groups in total. The van der Waals surface area contributed by atoms with Crippen LogP contribution >= 0.6 is 0 Å². The van der Waals surface area contributed by atoms with Gasteiger partial charge in [-0.25, -0.2) is 9.97 Å². The smallest absolute Gasteiger partial charge is 0.423 e. The summed E-state index contributed by atoms with van der Waals surface area (Å²) in [7, 11) is 0. The quantitative estimate of drug-likeness (QED) is 0.484. The van der Waals surface area contributed by atoms with Crippen molar-refractivity contribution >= 4 is 17.7 Å². The van der Waals surface area contributed by atoms with Crippen LogP contribution in [0.25, 0.3) is 0 Å². The minimum absolute atomic E-state index is 0.0671. The fourth-order valence-electron chi connectivity index (χ4n) is 4.28. The third-order valence-electron chi connectivity index (χ3n) is 6.26. The van der Waals surface area contributed by atoms with Gasteiger partial charge in [0.05, 0.1) is 11.9 Å². The first-order valence-corrected chi connectivity index (χ1v) is 11.6. The van der Waals surface area contributed by atoms with Gasteiger partial charge in [0.25, 0.3) is 0 Å². The minimum Gasteiger partial charge on any atom is -0.423 e. The topological polar surface area (TPSA) is 84.3 Å². The predicted octanol–water partition coefficient (Wildman–Crippen LogP) is 4.13. The molecule has 2 aromatic heterocycles. The summed E-state index contributed by atoms with van der Waals surface area (Å²) in [4.78, 5) is 22.8. The molecule has 0 saturated carbocycles. The van der Waals surface area contributed by atoms with Gasteiger partial charge < -0.3 is 14.5 Å². The number of halogens is 3. The number of ether oxygens (including phenoxy) is 1. The summed E-state index contributed by atoms with van der Waals surface area (Å²) >= 11 is 0. The third-order valence-corrected chi connectivity index (χ3v) is 6.26. The van der Waals surface area contributed by atoms with Crippen LogP contribution in [-0.2, 0) is 17.4 Å². The number of benzene rings is 1. The number of esters is 1. The summed E-state index contributed by atoms with van der Waals surface area (Å²) in [5.74, 6) is -0.886. The van der Waals surface area contributed by atoms with E-state index in [1.807, 2.05) is 39.0 Å². The van der Waals surface area contributed by atoms with Crippen LogP contribution in [0.15, 0.2) is 36.5 Å². The zero-order valence-corrected chi connectivity index (χ0v) is 20.5. The monoisotopic (exact) mass is 500 g/mol. The summed E-state index contributed by atoms with van der Waals surface area (Å²) in [5.41, 5.74) is 2.89. The van der Waals surface area contributed by atoms with E-state index in [1.54, 1.807) is 4.90 Å². The van der Waals surface area contributed by atoms with Crippen LogP contribution in [0.4, 0.5) is 24.9 Å². The first-order chi connectivity index (χ1) is 17.0. The van der Waals surface area contributed by atoms with Gasteiger partial charge in [-0.15, -0.1) is 5.10 Å². The van der Waals surface area contributed by atoms with E-state index < -0.39 is 23.6 Å². The fourth-order valence-corrected chi connectivity index (χ4v) is 4.28. The molecule has 0 unspecified atom stereocenters. The molecule has 11 heteroatoms. The molecule has 1 aliphatic rings. The van der Waals surface area contributed by atoms with Crippen LogP contribution in [0.3, 0.4) is 0 Å². The molecule has 8 nitrogen and oxygen atoms in total. The number of carbonyl (C=O) groups excluding carboxylic acids is 1. The van der Waals surface area contributed by atoms with Crippen LogP contribution in [-0.4, -0.2) is 51.8 Å². The van der Waals surface area contributed by atoms with Crippen molar-refractivity contribution in [3.63, 3.8) is 0 Å². The number of carbonyl (C=O) groups is 1. The molecule has 36 heavy (non-hydrogen) atoms. The van der Waals surface area contributed by atoms with E-state index in [9.17, 15) is 18.0 Å². The van der Waals surface area contributed by atoms with E-state index >= 15 is 0 Å². The number of rotatable bonds is 5. The van der Waals surface area contributed by atoms with Gasteiger partial charge in [0, 0.05) is 39.0 Å². The number of alkyl halides is 3. The second-order valence-corrected chi connectivity index (χ2v) is 8.85. The average molecular weight is 501 g/mol. The van der Waals surface area contributed by atoms with Crippen LogP contribution in [0.1, 0.15) is 41.9 Å². The van der Waals surface area contributed by atoms with Crippen molar-refractivity contribution < 1.29 is 22.7 Å². The Hall–Kier alpha value is -3.76. The summed E-state index contributed by atoms with van der Waals surface area (Å²) in [6, 6.07) is 9.86. The maximum Gasteiger partial charge on any atom is 0.437 e. The van der Waals surface area contributed by atoms with Crippen molar-refractivity contribution in [2.75, 3.05) is 29.4 Å². The molecule has 0 amide bonds. The van der Waals surface area contributed by atoms with Gasteiger partial charge in [0.15, 0.2) is 17.3 Å². The summed E-state index contributed by atoms with van der Waals surface area (Å²) in [5, 5.41) is 8.99. The molecule has 0 spiro atoms. The lowest BCUT2D eigenvalue weighted by molar-refractivity contribution is -0.144. The van der Waals surface area contributed by atoms with E-state index in [4.69, 9.17) is 0 Å². The molecule has 4 rings (SSSR count). The average Bonchev–Trinajstić information content (AvgIpc) is 2.82. The Balaban J connectivity index is 1.53. The molecule has 0 aliphatic carbocycles. The Morgan fingerprint density at radius 2 is 1.83 bits per heavy atom.